The topological polar surface area (TPSA) is 71.0 Å². The van der Waals surface area contributed by atoms with E-state index < -0.39 is 0 Å². The largest absolute Gasteiger partial charge is 0.356 e. The standard InChI is InChI=1S/C21H23N5O/c1-15-23-18(14-19(24-15)26-12-4-2-3-5-13-26)21(27)25-17-10-6-8-16-9-7-11-22-20(16)17/h6-11,14H,2-5,12-13H2,1H3,(H,25,27). The summed E-state index contributed by atoms with van der Waals surface area (Å²) >= 11 is 0. The molecule has 4 rings (SSSR count). The zero-order chi connectivity index (χ0) is 18.6. The molecule has 0 spiro atoms. The van der Waals surface area contributed by atoms with Crippen LogP contribution in [0.3, 0.4) is 0 Å². The highest BCUT2D eigenvalue weighted by Crippen LogP contribution is 2.22. The number of rotatable bonds is 3. The van der Waals surface area contributed by atoms with Crippen LogP contribution >= 0.6 is 0 Å². The molecule has 3 heterocycles. The molecule has 1 aliphatic rings. The Kier molecular flexibility index (Phi) is 4.96. The van der Waals surface area contributed by atoms with E-state index >= 15 is 0 Å². The van der Waals surface area contributed by atoms with E-state index in [0.29, 0.717) is 17.2 Å². The Balaban J connectivity index is 1.61. The number of carbonyl (C=O) groups is 1. The van der Waals surface area contributed by atoms with Gasteiger partial charge < -0.3 is 10.2 Å². The van der Waals surface area contributed by atoms with Crippen molar-refractivity contribution in [3.63, 3.8) is 0 Å². The van der Waals surface area contributed by atoms with E-state index in [-0.39, 0.29) is 5.91 Å². The lowest BCUT2D eigenvalue weighted by Crippen LogP contribution is -2.26. The first-order valence-corrected chi connectivity index (χ1v) is 9.46. The lowest BCUT2D eigenvalue weighted by molar-refractivity contribution is 0.102. The van der Waals surface area contributed by atoms with Crippen LogP contribution < -0.4 is 10.2 Å². The maximum atomic E-state index is 12.9. The van der Waals surface area contributed by atoms with Gasteiger partial charge in [0.2, 0.25) is 0 Å². The van der Waals surface area contributed by atoms with Gasteiger partial charge in [-0.3, -0.25) is 9.78 Å². The quantitative estimate of drug-likeness (QED) is 0.764. The number of aromatic nitrogens is 3. The van der Waals surface area contributed by atoms with E-state index in [4.69, 9.17) is 0 Å². The third-order valence-electron chi connectivity index (χ3n) is 4.87. The molecule has 6 nitrogen and oxygen atoms in total. The summed E-state index contributed by atoms with van der Waals surface area (Å²) in [4.78, 5) is 28.4. The number of nitrogens with zero attached hydrogens (tertiary/aromatic N) is 4. The smallest absolute Gasteiger partial charge is 0.274 e. The molecule has 0 unspecified atom stereocenters. The minimum atomic E-state index is -0.241. The molecule has 1 N–H and O–H groups in total. The average Bonchev–Trinajstić information content (AvgIpc) is 2.97. The molecule has 1 saturated heterocycles. The van der Waals surface area contributed by atoms with Gasteiger partial charge in [-0.05, 0) is 31.9 Å². The third kappa shape index (κ3) is 3.89. The molecule has 138 valence electrons. The van der Waals surface area contributed by atoms with Crippen molar-refractivity contribution in [3.8, 4) is 0 Å². The van der Waals surface area contributed by atoms with Crippen LogP contribution in [0, 0.1) is 6.92 Å². The van der Waals surface area contributed by atoms with Gasteiger partial charge in [0, 0.05) is 30.7 Å². The number of benzene rings is 1. The summed E-state index contributed by atoms with van der Waals surface area (Å²) in [5, 5.41) is 3.95. The van der Waals surface area contributed by atoms with Gasteiger partial charge in [-0.2, -0.15) is 0 Å². The Morgan fingerprint density at radius 1 is 1.04 bits per heavy atom. The van der Waals surface area contributed by atoms with Gasteiger partial charge in [0.1, 0.15) is 17.3 Å². The Hall–Kier alpha value is -3.02. The molecule has 1 aromatic carbocycles. The maximum absolute atomic E-state index is 12.9. The van der Waals surface area contributed by atoms with Gasteiger partial charge >= 0.3 is 0 Å². The number of nitrogens with one attached hydrogen (secondary N) is 1. The minimum absolute atomic E-state index is 0.241. The van der Waals surface area contributed by atoms with Crippen LogP contribution in [0.5, 0.6) is 0 Å². The summed E-state index contributed by atoms with van der Waals surface area (Å²) in [6.45, 7) is 3.78. The molecule has 1 aliphatic heterocycles. The van der Waals surface area contributed by atoms with E-state index in [9.17, 15) is 4.79 Å². The number of hydrogen-bond donors (Lipinski definition) is 1. The number of fused-ring (bicyclic) bond motifs is 1. The Labute approximate surface area is 158 Å². The fourth-order valence-electron chi connectivity index (χ4n) is 3.52. The molecule has 0 aliphatic carbocycles. The zero-order valence-electron chi connectivity index (χ0n) is 15.5. The summed E-state index contributed by atoms with van der Waals surface area (Å²) in [7, 11) is 0. The van der Waals surface area contributed by atoms with Gasteiger partial charge in [0.25, 0.3) is 5.91 Å². The van der Waals surface area contributed by atoms with Gasteiger partial charge in [-0.15, -0.1) is 0 Å². The molecule has 0 atom stereocenters. The molecular weight excluding hydrogens is 338 g/mol. The second-order valence-corrected chi connectivity index (χ2v) is 6.89. The fourth-order valence-corrected chi connectivity index (χ4v) is 3.52. The number of anilines is 2. The highest BCUT2D eigenvalue weighted by Gasteiger charge is 2.17. The first-order chi connectivity index (χ1) is 13.2. The second-order valence-electron chi connectivity index (χ2n) is 6.89. The van der Waals surface area contributed by atoms with Crippen molar-refractivity contribution < 1.29 is 4.79 Å². The zero-order valence-corrected chi connectivity index (χ0v) is 15.5. The number of para-hydroxylation sites is 1. The molecule has 6 heteroatoms. The minimum Gasteiger partial charge on any atom is -0.356 e. The van der Waals surface area contributed by atoms with Crippen molar-refractivity contribution in [2.75, 3.05) is 23.3 Å². The van der Waals surface area contributed by atoms with Gasteiger partial charge in [-0.25, -0.2) is 9.97 Å². The number of hydrogen-bond acceptors (Lipinski definition) is 5. The molecule has 3 aromatic rings. The van der Waals surface area contributed by atoms with E-state index in [1.807, 2.05) is 37.3 Å². The van der Waals surface area contributed by atoms with Crippen LogP contribution in [0.25, 0.3) is 10.9 Å². The van der Waals surface area contributed by atoms with Crippen LogP contribution in [0.2, 0.25) is 0 Å². The maximum Gasteiger partial charge on any atom is 0.274 e. The summed E-state index contributed by atoms with van der Waals surface area (Å²) in [5.74, 6) is 1.21. The SMILES string of the molecule is Cc1nc(C(=O)Nc2cccc3cccnc23)cc(N2CCCCCC2)n1. The van der Waals surface area contributed by atoms with Crippen molar-refractivity contribution in [1.29, 1.82) is 0 Å². The number of aryl methyl sites for hydroxylation is 1. The van der Waals surface area contributed by atoms with Gasteiger partial charge in [0.05, 0.1) is 11.2 Å². The molecule has 27 heavy (non-hydrogen) atoms. The lowest BCUT2D eigenvalue weighted by Gasteiger charge is -2.22. The molecule has 0 bridgehead atoms. The highest BCUT2D eigenvalue weighted by atomic mass is 16.1. The average molecular weight is 361 g/mol. The van der Waals surface area contributed by atoms with Crippen LogP contribution in [0.1, 0.15) is 42.0 Å². The Morgan fingerprint density at radius 2 is 1.81 bits per heavy atom. The van der Waals surface area contributed by atoms with Crippen molar-refractivity contribution in [2.45, 2.75) is 32.6 Å². The van der Waals surface area contributed by atoms with E-state index in [2.05, 4.69) is 25.2 Å². The molecule has 1 amide bonds. The predicted molar refractivity (Wildman–Crippen MR) is 107 cm³/mol. The van der Waals surface area contributed by atoms with Gasteiger partial charge in [0.15, 0.2) is 0 Å². The molecule has 2 aromatic heterocycles. The number of pyridine rings is 1. The molecule has 0 radical (unpaired) electrons. The van der Waals surface area contributed by atoms with Crippen LogP contribution in [0.4, 0.5) is 11.5 Å². The molecule has 0 saturated carbocycles. The van der Waals surface area contributed by atoms with Crippen LogP contribution in [0.15, 0.2) is 42.6 Å². The first kappa shape index (κ1) is 17.4. The van der Waals surface area contributed by atoms with E-state index in [0.717, 1.165) is 42.7 Å². The van der Waals surface area contributed by atoms with E-state index in [1.54, 1.807) is 12.3 Å². The van der Waals surface area contributed by atoms with E-state index in [1.165, 1.54) is 12.8 Å². The Bertz CT molecular complexity index is 958. The monoisotopic (exact) mass is 361 g/mol. The van der Waals surface area contributed by atoms with Crippen LogP contribution in [-0.4, -0.2) is 33.9 Å². The summed E-state index contributed by atoms with van der Waals surface area (Å²) in [6.07, 6.45) is 6.55. The first-order valence-electron chi connectivity index (χ1n) is 9.46. The van der Waals surface area contributed by atoms with Crippen molar-refractivity contribution >= 4 is 28.3 Å². The second kappa shape index (κ2) is 7.70. The van der Waals surface area contributed by atoms with Crippen molar-refractivity contribution in [3.05, 3.63) is 54.1 Å². The summed E-state index contributed by atoms with van der Waals surface area (Å²) in [5.41, 5.74) is 1.84. The van der Waals surface area contributed by atoms with Crippen LogP contribution in [-0.2, 0) is 0 Å². The highest BCUT2D eigenvalue weighted by molar-refractivity contribution is 6.07. The fraction of sp³-hybridized carbons (Fsp3) is 0.333. The normalized spacial score (nSPS) is 14.8. The Morgan fingerprint density at radius 3 is 2.63 bits per heavy atom. The number of amides is 1. The summed E-state index contributed by atoms with van der Waals surface area (Å²) in [6, 6.07) is 11.4. The third-order valence-corrected chi connectivity index (χ3v) is 4.87. The van der Waals surface area contributed by atoms with Gasteiger partial charge in [-0.1, -0.05) is 31.0 Å². The molecule has 1 fully saturated rings. The molecular formula is C21H23N5O. The summed E-state index contributed by atoms with van der Waals surface area (Å²) < 4.78 is 0. The van der Waals surface area contributed by atoms with Crippen molar-refractivity contribution in [1.82, 2.24) is 15.0 Å². The van der Waals surface area contributed by atoms with Crippen molar-refractivity contribution in [2.24, 2.45) is 0 Å². The predicted octanol–water partition coefficient (Wildman–Crippen LogP) is 3.97. The lowest BCUT2D eigenvalue weighted by atomic mass is 10.2. The number of carbonyl (C=O) groups excluding carboxylic acids is 1.